The first-order valence-corrected chi connectivity index (χ1v) is 9.61. The summed E-state index contributed by atoms with van der Waals surface area (Å²) in [6.45, 7) is 0.702. The molecule has 0 unspecified atom stereocenters. The van der Waals surface area contributed by atoms with E-state index in [1.807, 2.05) is 17.5 Å². The number of hydrogen-bond acceptors (Lipinski definition) is 6. The van der Waals surface area contributed by atoms with E-state index in [0.717, 1.165) is 29.0 Å². The lowest BCUT2D eigenvalue weighted by atomic mass is 10.1. The second-order valence-electron chi connectivity index (χ2n) is 6.38. The lowest BCUT2D eigenvalue weighted by Crippen LogP contribution is -2.14. The number of hydrogen-bond donors (Lipinski definition) is 1. The summed E-state index contributed by atoms with van der Waals surface area (Å²) in [5.41, 5.74) is 3.02. The van der Waals surface area contributed by atoms with E-state index < -0.39 is 5.91 Å². The van der Waals surface area contributed by atoms with Gasteiger partial charge in [-0.15, -0.1) is 11.3 Å². The van der Waals surface area contributed by atoms with Crippen molar-refractivity contribution >= 4 is 33.3 Å². The molecule has 3 heterocycles. The Balaban J connectivity index is 1.40. The summed E-state index contributed by atoms with van der Waals surface area (Å²) in [6.07, 6.45) is 0.887. The number of carbonyl (C=O) groups excluding carboxylic acids is 1. The normalized spacial score (nSPS) is 12.6. The van der Waals surface area contributed by atoms with Crippen LogP contribution in [0.3, 0.4) is 0 Å². The molecule has 1 N–H and O–H groups in total. The molecule has 28 heavy (non-hydrogen) atoms. The summed E-state index contributed by atoms with van der Waals surface area (Å²) >= 11 is 1.31. The third-order valence-electron chi connectivity index (χ3n) is 4.57. The van der Waals surface area contributed by atoms with Gasteiger partial charge in [-0.2, -0.15) is 0 Å². The minimum Gasteiger partial charge on any atom is -0.493 e. The molecule has 6 nitrogen and oxygen atoms in total. The van der Waals surface area contributed by atoms with E-state index in [1.165, 1.54) is 17.4 Å². The average Bonchev–Trinajstić information content (AvgIpc) is 3.36. The summed E-state index contributed by atoms with van der Waals surface area (Å²) in [5, 5.41) is 5.46. The van der Waals surface area contributed by atoms with Crippen LogP contribution >= 0.6 is 11.3 Å². The van der Waals surface area contributed by atoms with Crippen LogP contribution in [0, 0.1) is 0 Å². The summed E-state index contributed by atoms with van der Waals surface area (Å²) in [7, 11) is 0. The van der Waals surface area contributed by atoms with Crippen molar-refractivity contribution in [2.75, 3.05) is 11.9 Å². The molecule has 0 bridgehead atoms. The highest BCUT2D eigenvalue weighted by atomic mass is 32.1. The molecule has 2 aromatic heterocycles. The van der Waals surface area contributed by atoms with Crippen LogP contribution in [0.25, 0.3) is 22.2 Å². The standard InChI is InChI=1S/C21H14N2O4S/c24-16-10-19(27-18-4-2-1-3-14(16)18)20(25)23-21-22-15(11-28-21)12-5-6-17-13(9-12)7-8-26-17/h1-6,9-11H,7-8H2,(H,22,23,25). The lowest BCUT2D eigenvalue weighted by Gasteiger charge is -2.03. The minimum absolute atomic E-state index is 0.0462. The Kier molecular flexibility index (Phi) is 3.95. The van der Waals surface area contributed by atoms with Gasteiger partial charge in [0.2, 0.25) is 0 Å². The smallest absolute Gasteiger partial charge is 0.293 e. The number of carbonyl (C=O) groups is 1. The molecule has 0 spiro atoms. The zero-order valence-corrected chi connectivity index (χ0v) is 15.4. The van der Waals surface area contributed by atoms with Crippen molar-refractivity contribution in [3.63, 3.8) is 0 Å². The van der Waals surface area contributed by atoms with E-state index >= 15 is 0 Å². The fourth-order valence-corrected chi connectivity index (χ4v) is 3.90. The molecular formula is C21H14N2O4S. The molecular weight excluding hydrogens is 376 g/mol. The highest BCUT2D eigenvalue weighted by Crippen LogP contribution is 2.32. The Morgan fingerprint density at radius 1 is 1.14 bits per heavy atom. The van der Waals surface area contributed by atoms with E-state index in [4.69, 9.17) is 9.15 Å². The Hall–Kier alpha value is -3.45. The maximum absolute atomic E-state index is 12.5. The first-order valence-electron chi connectivity index (χ1n) is 8.73. The number of anilines is 1. The SMILES string of the molecule is O=C(Nc1nc(-c2ccc3c(c2)CCO3)cs1)c1cc(=O)c2ccccc2o1. The van der Waals surface area contributed by atoms with Gasteiger partial charge in [-0.3, -0.25) is 14.9 Å². The number of aromatic nitrogens is 1. The van der Waals surface area contributed by atoms with Gasteiger partial charge in [0.25, 0.3) is 5.91 Å². The summed E-state index contributed by atoms with van der Waals surface area (Å²) in [6, 6.07) is 14.0. The molecule has 7 heteroatoms. The van der Waals surface area contributed by atoms with Crippen molar-refractivity contribution in [2.45, 2.75) is 6.42 Å². The largest absolute Gasteiger partial charge is 0.493 e. The molecule has 1 aliphatic heterocycles. The first-order chi connectivity index (χ1) is 13.7. The number of amides is 1. The predicted molar refractivity (Wildman–Crippen MR) is 107 cm³/mol. The number of fused-ring (bicyclic) bond motifs is 2. The molecule has 0 fully saturated rings. The number of rotatable bonds is 3. The van der Waals surface area contributed by atoms with Crippen molar-refractivity contribution in [1.82, 2.24) is 4.98 Å². The number of ether oxygens (including phenoxy) is 1. The Morgan fingerprint density at radius 2 is 2.04 bits per heavy atom. The van der Waals surface area contributed by atoms with E-state index in [2.05, 4.69) is 16.4 Å². The number of nitrogens with one attached hydrogen (secondary N) is 1. The van der Waals surface area contributed by atoms with Crippen LogP contribution in [0.4, 0.5) is 5.13 Å². The molecule has 0 atom stereocenters. The van der Waals surface area contributed by atoms with E-state index in [9.17, 15) is 9.59 Å². The van der Waals surface area contributed by atoms with Gasteiger partial charge < -0.3 is 9.15 Å². The zero-order valence-electron chi connectivity index (χ0n) is 14.6. The van der Waals surface area contributed by atoms with Crippen molar-refractivity contribution in [3.8, 4) is 17.0 Å². The summed E-state index contributed by atoms with van der Waals surface area (Å²) in [5.74, 6) is 0.361. The van der Waals surface area contributed by atoms with Gasteiger partial charge >= 0.3 is 0 Å². The zero-order chi connectivity index (χ0) is 19.1. The van der Waals surface area contributed by atoms with Gasteiger partial charge in [0.1, 0.15) is 11.3 Å². The molecule has 1 aliphatic rings. The Bertz CT molecular complexity index is 1270. The van der Waals surface area contributed by atoms with Crippen LogP contribution in [-0.2, 0) is 6.42 Å². The highest BCUT2D eigenvalue weighted by Gasteiger charge is 2.16. The van der Waals surface area contributed by atoms with Crippen molar-refractivity contribution in [2.24, 2.45) is 0 Å². The topological polar surface area (TPSA) is 81.4 Å². The monoisotopic (exact) mass is 390 g/mol. The van der Waals surface area contributed by atoms with E-state index in [-0.39, 0.29) is 11.2 Å². The van der Waals surface area contributed by atoms with Crippen LogP contribution in [0.1, 0.15) is 16.1 Å². The first kappa shape index (κ1) is 16.7. The van der Waals surface area contributed by atoms with Gasteiger partial charge in [0, 0.05) is 23.4 Å². The van der Waals surface area contributed by atoms with Gasteiger partial charge in [0.05, 0.1) is 17.7 Å². The van der Waals surface area contributed by atoms with Crippen LogP contribution in [0.15, 0.2) is 63.1 Å². The maximum atomic E-state index is 12.5. The van der Waals surface area contributed by atoms with Gasteiger partial charge in [-0.1, -0.05) is 12.1 Å². The Labute approximate surface area is 163 Å². The molecule has 5 rings (SSSR count). The highest BCUT2D eigenvalue weighted by molar-refractivity contribution is 7.14. The third kappa shape index (κ3) is 2.95. The van der Waals surface area contributed by atoms with Gasteiger partial charge in [-0.25, -0.2) is 4.98 Å². The Morgan fingerprint density at radius 3 is 2.96 bits per heavy atom. The van der Waals surface area contributed by atoms with Crippen LogP contribution in [-0.4, -0.2) is 17.5 Å². The van der Waals surface area contributed by atoms with E-state index in [1.54, 1.807) is 24.3 Å². The lowest BCUT2D eigenvalue weighted by molar-refractivity contribution is 0.0997. The number of para-hydroxylation sites is 1. The molecule has 0 saturated carbocycles. The quantitative estimate of drug-likeness (QED) is 0.569. The second-order valence-corrected chi connectivity index (χ2v) is 7.24. The van der Waals surface area contributed by atoms with Gasteiger partial charge in [-0.05, 0) is 35.9 Å². The van der Waals surface area contributed by atoms with Crippen molar-refractivity contribution in [1.29, 1.82) is 0 Å². The molecule has 4 aromatic rings. The second kappa shape index (κ2) is 6.61. The molecule has 138 valence electrons. The van der Waals surface area contributed by atoms with Gasteiger partial charge in [0.15, 0.2) is 16.3 Å². The third-order valence-corrected chi connectivity index (χ3v) is 5.33. The fourth-order valence-electron chi connectivity index (χ4n) is 3.18. The molecule has 2 aromatic carbocycles. The number of nitrogens with zero attached hydrogens (tertiary/aromatic N) is 1. The van der Waals surface area contributed by atoms with Crippen LogP contribution in [0.2, 0.25) is 0 Å². The van der Waals surface area contributed by atoms with Crippen molar-refractivity contribution < 1.29 is 13.9 Å². The van der Waals surface area contributed by atoms with Crippen molar-refractivity contribution in [3.05, 3.63) is 75.5 Å². The molecule has 0 saturated heterocycles. The fraction of sp³-hybridized carbons (Fsp3) is 0.0952. The predicted octanol–water partition coefficient (Wildman–Crippen LogP) is 4.10. The minimum atomic E-state index is -0.508. The number of benzene rings is 2. The average molecular weight is 390 g/mol. The molecule has 0 aliphatic carbocycles. The molecule has 1 amide bonds. The maximum Gasteiger partial charge on any atom is 0.293 e. The summed E-state index contributed by atoms with van der Waals surface area (Å²) < 4.78 is 11.1. The molecule has 0 radical (unpaired) electrons. The number of thiazole rings is 1. The van der Waals surface area contributed by atoms with E-state index in [0.29, 0.717) is 22.7 Å². The van der Waals surface area contributed by atoms with Crippen LogP contribution < -0.4 is 15.5 Å². The van der Waals surface area contributed by atoms with Crippen LogP contribution in [0.5, 0.6) is 5.75 Å². The summed E-state index contributed by atoms with van der Waals surface area (Å²) in [4.78, 5) is 29.2.